The fourth-order valence-electron chi connectivity index (χ4n) is 3.37. The van der Waals surface area contributed by atoms with Gasteiger partial charge in [-0.15, -0.1) is 0 Å². The lowest BCUT2D eigenvalue weighted by atomic mass is 10.0. The van der Waals surface area contributed by atoms with E-state index >= 15 is 0 Å². The van der Waals surface area contributed by atoms with Gasteiger partial charge in [-0.2, -0.15) is 0 Å². The summed E-state index contributed by atoms with van der Waals surface area (Å²) in [4.78, 5) is 26.3. The number of carbonyl (C=O) groups is 2. The summed E-state index contributed by atoms with van der Waals surface area (Å²) in [6.07, 6.45) is -0.554. The highest BCUT2D eigenvalue weighted by atomic mass is 16.6. The van der Waals surface area contributed by atoms with E-state index in [9.17, 15) is 9.59 Å². The van der Waals surface area contributed by atoms with Crippen LogP contribution in [0.5, 0.6) is 5.75 Å². The van der Waals surface area contributed by atoms with E-state index in [0.717, 1.165) is 11.1 Å². The molecule has 2 aromatic rings. The van der Waals surface area contributed by atoms with Gasteiger partial charge in [-0.05, 0) is 32.4 Å². The van der Waals surface area contributed by atoms with Crippen molar-refractivity contribution in [3.63, 3.8) is 0 Å². The standard InChI is InChI=1S/C23H27NO5/c1-23(2,3)29-22(26)24-15-17(14-19(24)21(25)27-4)28-20-13-9-8-12-18(20)16-10-6-5-7-11-16/h5-13,17,19H,14-15H2,1-4H3. The SMILES string of the molecule is COC(=O)C1CC(Oc2ccccc2-c2ccccc2)CN1C(=O)OC(C)(C)C. The van der Waals surface area contributed by atoms with Crippen LogP contribution in [0.3, 0.4) is 0 Å². The summed E-state index contributed by atoms with van der Waals surface area (Å²) in [5.41, 5.74) is 1.34. The number of esters is 1. The second kappa shape index (κ2) is 8.55. The third-order valence-electron chi connectivity index (χ3n) is 4.63. The van der Waals surface area contributed by atoms with Gasteiger partial charge in [0.2, 0.25) is 0 Å². The van der Waals surface area contributed by atoms with Gasteiger partial charge in [-0.3, -0.25) is 4.90 Å². The summed E-state index contributed by atoms with van der Waals surface area (Å²) >= 11 is 0. The van der Waals surface area contributed by atoms with Crippen LogP contribution in [0.1, 0.15) is 27.2 Å². The predicted octanol–water partition coefficient (Wildman–Crippen LogP) is 4.28. The minimum atomic E-state index is -0.733. The third kappa shape index (κ3) is 5.08. The molecule has 154 valence electrons. The molecule has 2 atom stereocenters. The van der Waals surface area contributed by atoms with Crippen LogP contribution in [0.4, 0.5) is 4.79 Å². The number of hydrogen-bond donors (Lipinski definition) is 0. The number of rotatable bonds is 4. The first-order valence-electron chi connectivity index (χ1n) is 9.67. The Balaban J connectivity index is 1.81. The second-order valence-electron chi connectivity index (χ2n) is 8.01. The lowest BCUT2D eigenvalue weighted by Gasteiger charge is -2.27. The molecule has 1 aliphatic rings. The maximum atomic E-state index is 12.6. The Hall–Kier alpha value is -3.02. The molecule has 2 unspecified atom stereocenters. The molecular weight excluding hydrogens is 370 g/mol. The molecule has 6 nitrogen and oxygen atoms in total. The normalized spacial score (nSPS) is 19.0. The number of amides is 1. The molecule has 1 heterocycles. The first kappa shape index (κ1) is 20.7. The van der Waals surface area contributed by atoms with E-state index in [2.05, 4.69) is 0 Å². The Morgan fingerprint density at radius 2 is 1.66 bits per heavy atom. The minimum Gasteiger partial charge on any atom is -0.488 e. The fraction of sp³-hybridized carbons (Fsp3) is 0.391. The number of hydrogen-bond acceptors (Lipinski definition) is 5. The third-order valence-corrected chi connectivity index (χ3v) is 4.63. The summed E-state index contributed by atoms with van der Waals surface area (Å²) in [7, 11) is 1.31. The summed E-state index contributed by atoms with van der Waals surface area (Å²) in [6, 6.07) is 16.9. The Labute approximate surface area is 171 Å². The van der Waals surface area contributed by atoms with E-state index in [1.807, 2.05) is 54.6 Å². The zero-order chi connectivity index (χ0) is 21.0. The molecule has 29 heavy (non-hydrogen) atoms. The predicted molar refractivity (Wildman–Crippen MR) is 110 cm³/mol. The monoisotopic (exact) mass is 397 g/mol. The first-order valence-corrected chi connectivity index (χ1v) is 9.67. The van der Waals surface area contributed by atoms with E-state index in [0.29, 0.717) is 12.2 Å². The number of methoxy groups -OCH3 is 1. The van der Waals surface area contributed by atoms with Gasteiger partial charge in [0.25, 0.3) is 0 Å². The smallest absolute Gasteiger partial charge is 0.411 e. The van der Waals surface area contributed by atoms with Crippen molar-refractivity contribution < 1.29 is 23.8 Å². The molecule has 0 bridgehead atoms. The highest BCUT2D eigenvalue weighted by molar-refractivity contribution is 5.82. The van der Waals surface area contributed by atoms with Crippen molar-refractivity contribution in [1.82, 2.24) is 4.90 Å². The van der Waals surface area contributed by atoms with E-state index in [1.54, 1.807) is 20.8 Å². The van der Waals surface area contributed by atoms with Gasteiger partial charge in [0.05, 0.1) is 13.7 Å². The van der Waals surface area contributed by atoms with Crippen molar-refractivity contribution in [2.75, 3.05) is 13.7 Å². The molecule has 0 aromatic heterocycles. The number of benzene rings is 2. The van der Waals surface area contributed by atoms with Crippen LogP contribution < -0.4 is 4.74 Å². The average Bonchev–Trinajstić information content (AvgIpc) is 3.11. The van der Waals surface area contributed by atoms with Crippen molar-refractivity contribution in [3.05, 3.63) is 54.6 Å². The van der Waals surface area contributed by atoms with Gasteiger partial charge < -0.3 is 14.2 Å². The largest absolute Gasteiger partial charge is 0.488 e. The highest BCUT2D eigenvalue weighted by Gasteiger charge is 2.43. The van der Waals surface area contributed by atoms with Crippen LogP contribution in [0.25, 0.3) is 11.1 Å². The van der Waals surface area contributed by atoms with Crippen molar-refractivity contribution in [2.45, 2.75) is 44.9 Å². The molecule has 2 aromatic carbocycles. The van der Waals surface area contributed by atoms with Crippen LogP contribution in [0.2, 0.25) is 0 Å². The van der Waals surface area contributed by atoms with Gasteiger partial charge in [-0.1, -0.05) is 48.5 Å². The molecule has 6 heteroatoms. The second-order valence-corrected chi connectivity index (χ2v) is 8.01. The number of ether oxygens (including phenoxy) is 3. The highest BCUT2D eigenvalue weighted by Crippen LogP contribution is 2.33. The van der Waals surface area contributed by atoms with Crippen molar-refractivity contribution in [3.8, 4) is 16.9 Å². The van der Waals surface area contributed by atoms with Crippen LogP contribution >= 0.6 is 0 Å². The Kier molecular flexibility index (Phi) is 6.11. The zero-order valence-electron chi connectivity index (χ0n) is 17.3. The molecule has 1 fully saturated rings. The topological polar surface area (TPSA) is 65.1 Å². The van der Waals surface area contributed by atoms with Crippen molar-refractivity contribution >= 4 is 12.1 Å². The van der Waals surface area contributed by atoms with Crippen LogP contribution in [-0.4, -0.2) is 48.4 Å². The van der Waals surface area contributed by atoms with Crippen LogP contribution in [0.15, 0.2) is 54.6 Å². The quantitative estimate of drug-likeness (QED) is 0.721. The zero-order valence-corrected chi connectivity index (χ0v) is 17.3. The lowest BCUT2D eigenvalue weighted by molar-refractivity contribution is -0.145. The van der Waals surface area contributed by atoms with Crippen LogP contribution in [-0.2, 0) is 14.3 Å². The molecule has 1 aliphatic heterocycles. The lowest BCUT2D eigenvalue weighted by Crippen LogP contribution is -2.44. The molecule has 1 amide bonds. The molecule has 1 saturated heterocycles. The molecule has 0 spiro atoms. The Morgan fingerprint density at radius 1 is 1.00 bits per heavy atom. The number of para-hydroxylation sites is 1. The number of carbonyl (C=O) groups excluding carboxylic acids is 2. The fourth-order valence-corrected chi connectivity index (χ4v) is 3.37. The summed E-state index contributed by atoms with van der Waals surface area (Å²) in [5, 5.41) is 0. The van der Waals surface area contributed by atoms with E-state index < -0.39 is 23.7 Å². The minimum absolute atomic E-state index is 0.248. The molecular formula is C23H27NO5. The van der Waals surface area contributed by atoms with Crippen molar-refractivity contribution in [2.24, 2.45) is 0 Å². The van der Waals surface area contributed by atoms with Gasteiger partial charge in [0.15, 0.2) is 0 Å². The van der Waals surface area contributed by atoms with Gasteiger partial charge in [0.1, 0.15) is 23.5 Å². The van der Waals surface area contributed by atoms with Gasteiger partial charge in [-0.25, -0.2) is 9.59 Å². The van der Waals surface area contributed by atoms with E-state index in [1.165, 1.54) is 12.0 Å². The molecule has 0 aliphatic carbocycles. The summed E-state index contributed by atoms with van der Waals surface area (Å²) < 4.78 is 16.6. The maximum Gasteiger partial charge on any atom is 0.411 e. The molecule has 0 N–H and O–H groups in total. The molecule has 0 radical (unpaired) electrons. The van der Waals surface area contributed by atoms with Gasteiger partial charge >= 0.3 is 12.1 Å². The summed E-state index contributed by atoms with van der Waals surface area (Å²) in [6.45, 7) is 5.62. The number of likely N-dealkylation sites (tertiary alicyclic amines) is 1. The van der Waals surface area contributed by atoms with Crippen LogP contribution in [0, 0.1) is 0 Å². The maximum absolute atomic E-state index is 12.6. The molecule has 0 saturated carbocycles. The Bertz CT molecular complexity index is 859. The summed E-state index contributed by atoms with van der Waals surface area (Å²) in [5.74, 6) is 0.233. The first-order chi connectivity index (χ1) is 13.8. The Morgan fingerprint density at radius 3 is 2.31 bits per heavy atom. The molecule has 3 rings (SSSR count). The van der Waals surface area contributed by atoms with E-state index in [-0.39, 0.29) is 12.6 Å². The number of nitrogens with zero attached hydrogens (tertiary/aromatic N) is 1. The van der Waals surface area contributed by atoms with Crippen molar-refractivity contribution in [1.29, 1.82) is 0 Å². The van der Waals surface area contributed by atoms with Gasteiger partial charge in [0, 0.05) is 12.0 Å². The average molecular weight is 397 g/mol. The van der Waals surface area contributed by atoms with E-state index in [4.69, 9.17) is 14.2 Å².